The smallest absolute Gasteiger partial charge is 0.337 e. The van der Waals surface area contributed by atoms with Gasteiger partial charge in [-0.05, 0) is 43.3 Å². The zero-order chi connectivity index (χ0) is 19.2. The number of methoxy groups -OCH3 is 1. The molecule has 138 valence electrons. The molecule has 1 N–H and O–H groups in total. The SMILES string of the molecule is COC(=O)c1ccc(NC(=O)CSc2nnc(-c3cccc(C)c3)o2)cc1. The van der Waals surface area contributed by atoms with E-state index in [1.807, 2.05) is 31.2 Å². The number of amides is 1. The van der Waals surface area contributed by atoms with Gasteiger partial charge in [0.15, 0.2) is 0 Å². The van der Waals surface area contributed by atoms with E-state index in [0.717, 1.165) is 22.9 Å². The molecule has 0 aliphatic carbocycles. The van der Waals surface area contributed by atoms with Crippen LogP contribution in [-0.4, -0.2) is 34.9 Å². The highest BCUT2D eigenvalue weighted by molar-refractivity contribution is 7.99. The first-order valence-corrected chi connectivity index (χ1v) is 9.05. The molecule has 1 heterocycles. The van der Waals surface area contributed by atoms with Gasteiger partial charge in [-0.2, -0.15) is 0 Å². The monoisotopic (exact) mass is 383 g/mol. The lowest BCUT2D eigenvalue weighted by Crippen LogP contribution is -2.14. The van der Waals surface area contributed by atoms with E-state index >= 15 is 0 Å². The molecule has 0 radical (unpaired) electrons. The molecule has 27 heavy (non-hydrogen) atoms. The number of hydrogen-bond donors (Lipinski definition) is 1. The Morgan fingerprint density at radius 3 is 2.63 bits per heavy atom. The van der Waals surface area contributed by atoms with Crippen molar-refractivity contribution in [2.45, 2.75) is 12.1 Å². The van der Waals surface area contributed by atoms with E-state index in [4.69, 9.17) is 4.42 Å². The number of ether oxygens (including phenoxy) is 1. The number of aromatic nitrogens is 2. The molecule has 0 spiro atoms. The number of nitrogens with one attached hydrogen (secondary N) is 1. The van der Waals surface area contributed by atoms with Gasteiger partial charge in [-0.3, -0.25) is 4.79 Å². The van der Waals surface area contributed by atoms with E-state index in [1.54, 1.807) is 24.3 Å². The van der Waals surface area contributed by atoms with Gasteiger partial charge in [0.25, 0.3) is 5.22 Å². The van der Waals surface area contributed by atoms with Crippen LogP contribution in [0.5, 0.6) is 0 Å². The van der Waals surface area contributed by atoms with Crippen LogP contribution < -0.4 is 5.32 Å². The number of carbonyl (C=O) groups is 2. The van der Waals surface area contributed by atoms with E-state index in [0.29, 0.717) is 22.4 Å². The Bertz CT molecular complexity index is 954. The fourth-order valence-electron chi connectivity index (χ4n) is 2.29. The van der Waals surface area contributed by atoms with E-state index < -0.39 is 5.97 Å². The van der Waals surface area contributed by atoms with Crippen LogP contribution in [0.4, 0.5) is 5.69 Å². The van der Waals surface area contributed by atoms with Crippen molar-refractivity contribution >= 4 is 29.3 Å². The summed E-state index contributed by atoms with van der Waals surface area (Å²) in [5.41, 5.74) is 2.93. The van der Waals surface area contributed by atoms with Crippen LogP contribution in [0.15, 0.2) is 58.2 Å². The summed E-state index contributed by atoms with van der Waals surface area (Å²) in [5, 5.41) is 11.0. The zero-order valence-electron chi connectivity index (χ0n) is 14.8. The summed E-state index contributed by atoms with van der Waals surface area (Å²) in [7, 11) is 1.32. The Hall–Kier alpha value is -3.13. The Morgan fingerprint density at radius 2 is 1.93 bits per heavy atom. The predicted octanol–water partition coefficient (Wildman–Crippen LogP) is 3.56. The molecule has 0 fully saturated rings. The lowest BCUT2D eigenvalue weighted by atomic mass is 10.1. The highest BCUT2D eigenvalue weighted by Crippen LogP contribution is 2.24. The van der Waals surface area contributed by atoms with Crippen LogP contribution in [0.25, 0.3) is 11.5 Å². The second-order valence-electron chi connectivity index (χ2n) is 5.65. The molecule has 1 amide bonds. The van der Waals surface area contributed by atoms with Crippen molar-refractivity contribution in [3.05, 3.63) is 59.7 Å². The van der Waals surface area contributed by atoms with Gasteiger partial charge in [0.1, 0.15) is 0 Å². The van der Waals surface area contributed by atoms with Gasteiger partial charge < -0.3 is 14.5 Å². The molecule has 3 aromatic rings. The summed E-state index contributed by atoms with van der Waals surface area (Å²) in [4.78, 5) is 23.5. The highest BCUT2D eigenvalue weighted by Gasteiger charge is 2.12. The molecular formula is C19H17N3O4S. The summed E-state index contributed by atoms with van der Waals surface area (Å²) in [6.45, 7) is 1.98. The highest BCUT2D eigenvalue weighted by atomic mass is 32.2. The molecule has 0 bridgehead atoms. The van der Waals surface area contributed by atoms with Gasteiger partial charge in [0.2, 0.25) is 11.8 Å². The van der Waals surface area contributed by atoms with Crippen molar-refractivity contribution in [1.82, 2.24) is 10.2 Å². The summed E-state index contributed by atoms with van der Waals surface area (Å²) in [6, 6.07) is 14.2. The molecule has 8 heteroatoms. The third-order valence-electron chi connectivity index (χ3n) is 3.59. The Kier molecular flexibility index (Phi) is 5.87. The lowest BCUT2D eigenvalue weighted by Gasteiger charge is -2.05. The van der Waals surface area contributed by atoms with Crippen molar-refractivity contribution in [3.63, 3.8) is 0 Å². The van der Waals surface area contributed by atoms with Crippen molar-refractivity contribution in [2.75, 3.05) is 18.2 Å². The Balaban J connectivity index is 1.54. The molecule has 2 aromatic carbocycles. The number of carbonyl (C=O) groups excluding carboxylic acids is 2. The number of benzene rings is 2. The predicted molar refractivity (Wildman–Crippen MR) is 102 cm³/mol. The molecule has 0 unspecified atom stereocenters. The minimum Gasteiger partial charge on any atom is -0.465 e. The van der Waals surface area contributed by atoms with Gasteiger partial charge in [0.05, 0.1) is 18.4 Å². The minimum absolute atomic E-state index is 0.119. The number of anilines is 1. The number of esters is 1. The molecule has 0 saturated heterocycles. The number of aryl methyl sites for hydroxylation is 1. The zero-order valence-corrected chi connectivity index (χ0v) is 15.6. The van der Waals surface area contributed by atoms with E-state index in [9.17, 15) is 9.59 Å². The van der Waals surface area contributed by atoms with Crippen LogP contribution in [0.1, 0.15) is 15.9 Å². The number of rotatable bonds is 6. The van der Waals surface area contributed by atoms with Crippen molar-refractivity contribution < 1.29 is 18.7 Å². The number of thioether (sulfide) groups is 1. The van der Waals surface area contributed by atoms with Crippen LogP contribution in [0, 0.1) is 6.92 Å². The van der Waals surface area contributed by atoms with E-state index in [2.05, 4.69) is 20.3 Å². The molecule has 0 aliphatic rings. The second-order valence-corrected chi connectivity index (χ2v) is 6.57. The average Bonchev–Trinajstić information content (AvgIpc) is 3.15. The average molecular weight is 383 g/mol. The maximum Gasteiger partial charge on any atom is 0.337 e. The van der Waals surface area contributed by atoms with Gasteiger partial charge in [-0.1, -0.05) is 29.5 Å². The summed E-state index contributed by atoms with van der Waals surface area (Å²) in [5.74, 6) is -0.112. The molecule has 0 atom stereocenters. The van der Waals surface area contributed by atoms with Crippen LogP contribution in [0.3, 0.4) is 0 Å². The number of nitrogens with zero attached hydrogens (tertiary/aromatic N) is 2. The molecular weight excluding hydrogens is 366 g/mol. The van der Waals surface area contributed by atoms with Gasteiger partial charge >= 0.3 is 5.97 Å². The van der Waals surface area contributed by atoms with Gasteiger partial charge in [0, 0.05) is 11.3 Å². The fraction of sp³-hybridized carbons (Fsp3) is 0.158. The third kappa shape index (κ3) is 4.95. The molecule has 1 aromatic heterocycles. The summed E-state index contributed by atoms with van der Waals surface area (Å²) < 4.78 is 10.2. The van der Waals surface area contributed by atoms with Gasteiger partial charge in [-0.25, -0.2) is 4.79 Å². The van der Waals surface area contributed by atoms with E-state index in [-0.39, 0.29) is 11.7 Å². The first-order valence-electron chi connectivity index (χ1n) is 8.07. The van der Waals surface area contributed by atoms with Gasteiger partial charge in [-0.15, -0.1) is 10.2 Å². The summed E-state index contributed by atoms with van der Waals surface area (Å²) in [6.07, 6.45) is 0. The quantitative estimate of drug-likeness (QED) is 0.514. The number of hydrogen-bond acceptors (Lipinski definition) is 7. The van der Waals surface area contributed by atoms with E-state index in [1.165, 1.54) is 7.11 Å². The maximum absolute atomic E-state index is 12.1. The first-order chi connectivity index (χ1) is 13.0. The lowest BCUT2D eigenvalue weighted by molar-refractivity contribution is -0.113. The largest absolute Gasteiger partial charge is 0.465 e. The fourth-order valence-corrected chi connectivity index (χ4v) is 2.86. The molecule has 3 rings (SSSR count). The van der Waals surface area contributed by atoms with Crippen LogP contribution in [0.2, 0.25) is 0 Å². The molecule has 0 saturated carbocycles. The Morgan fingerprint density at radius 1 is 1.15 bits per heavy atom. The van der Waals surface area contributed by atoms with Crippen LogP contribution >= 0.6 is 11.8 Å². The maximum atomic E-state index is 12.1. The van der Waals surface area contributed by atoms with Crippen molar-refractivity contribution in [2.24, 2.45) is 0 Å². The normalized spacial score (nSPS) is 10.4. The molecule has 0 aliphatic heterocycles. The topological polar surface area (TPSA) is 94.3 Å². The minimum atomic E-state index is -0.427. The van der Waals surface area contributed by atoms with Crippen molar-refractivity contribution in [3.8, 4) is 11.5 Å². The van der Waals surface area contributed by atoms with Crippen molar-refractivity contribution in [1.29, 1.82) is 0 Å². The molecule has 7 nitrogen and oxygen atoms in total. The second kappa shape index (κ2) is 8.50. The standard InChI is InChI=1S/C19H17N3O4S/c1-12-4-3-5-14(10-12)17-21-22-19(26-17)27-11-16(23)20-15-8-6-13(7-9-15)18(24)25-2/h3-10H,11H2,1-2H3,(H,20,23). The third-order valence-corrected chi connectivity index (χ3v) is 4.41. The first kappa shape index (κ1) is 18.7. The van der Waals surface area contributed by atoms with Crippen LogP contribution in [-0.2, 0) is 9.53 Å². The Labute approximate surface area is 160 Å². The summed E-state index contributed by atoms with van der Waals surface area (Å²) >= 11 is 1.15.